The van der Waals surface area contributed by atoms with Crippen molar-refractivity contribution in [2.24, 2.45) is 5.73 Å². The molecule has 0 aliphatic carbocycles. The Morgan fingerprint density at radius 3 is 2.75 bits per heavy atom. The van der Waals surface area contributed by atoms with Crippen molar-refractivity contribution >= 4 is 16.7 Å². The summed E-state index contributed by atoms with van der Waals surface area (Å²) in [4.78, 5) is 14.9. The number of carbonyl (C=O) groups is 1. The molecular formula is C16H20N2O2. The van der Waals surface area contributed by atoms with Gasteiger partial charge in [-0.1, -0.05) is 26.0 Å². The van der Waals surface area contributed by atoms with Crippen LogP contribution in [-0.2, 0) is 4.79 Å². The molecule has 1 unspecified atom stereocenters. The van der Waals surface area contributed by atoms with Crippen LogP contribution in [0.15, 0.2) is 30.6 Å². The fraction of sp³-hybridized carbons (Fsp3) is 0.375. The molecule has 0 saturated carbocycles. The number of carboxylic acid groups (broad SMARTS) is 1. The Kier molecular flexibility index (Phi) is 4.35. The highest BCUT2D eigenvalue weighted by molar-refractivity contribution is 5.85. The van der Waals surface area contributed by atoms with Gasteiger partial charge in [-0.05, 0) is 34.9 Å². The van der Waals surface area contributed by atoms with Gasteiger partial charge in [0, 0.05) is 30.2 Å². The van der Waals surface area contributed by atoms with Gasteiger partial charge < -0.3 is 10.8 Å². The Morgan fingerprint density at radius 2 is 2.10 bits per heavy atom. The third-order valence-corrected chi connectivity index (χ3v) is 3.53. The highest BCUT2D eigenvalue weighted by Gasteiger charge is 2.11. The van der Waals surface area contributed by atoms with E-state index < -0.39 is 5.97 Å². The summed E-state index contributed by atoms with van der Waals surface area (Å²) in [5.74, 6) is -0.400. The fourth-order valence-corrected chi connectivity index (χ4v) is 2.35. The maximum absolute atomic E-state index is 10.6. The first-order valence-electron chi connectivity index (χ1n) is 6.84. The minimum absolute atomic E-state index is 0.0868. The number of hydrogen-bond donors (Lipinski definition) is 2. The predicted octanol–water partition coefficient (Wildman–Crippen LogP) is 3.22. The third kappa shape index (κ3) is 3.14. The zero-order chi connectivity index (χ0) is 14.7. The Bertz CT molecular complexity index is 623. The summed E-state index contributed by atoms with van der Waals surface area (Å²) in [6, 6.07) is 5.81. The lowest BCUT2D eigenvalue weighted by molar-refractivity contribution is -0.137. The number of hydrogen-bond acceptors (Lipinski definition) is 3. The maximum Gasteiger partial charge on any atom is 0.303 e. The quantitative estimate of drug-likeness (QED) is 0.876. The molecule has 106 valence electrons. The molecule has 1 heterocycles. The maximum atomic E-state index is 10.6. The zero-order valence-corrected chi connectivity index (χ0v) is 11.8. The van der Waals surface area contributed by atoms with Gasteiger partial charge in [-0.15, -0.1) is 0 Å². The summed E-state index contributed by atoms with van der Waals surface area (Å²) >= 11 is 0. The Labute approximate surface area is 118 Å². The van der Waals surface area contributed by atoms with Crippen molar-refractivity contribution in [2.75, 3.05) is 0 Å². The topological polar surface area (TPSA) is 76.2 Å². The molecule has 2 aromatic rings. The Morgan fingerprint density at radius 1 is 1.35 bits per heavy atom. The first-order chi connectivity index (χ1) is 9.49. The first kappa shape index (κ1) is 14.5. The largest absolute Gasteiger partial charge is 0.481 e. The summed E-state index contributed by atoms with van der Waals surface area (Å²) < 4.78 is 0. The van der Waals surface area contributed by atoms with E-state index >= 15 is 0 Å². The summed E-state index contributed by atoms with van der Waals surface area (Å²) in [6.45, 7) is 4.28. The van der Waals surface area contributed by atoms with E-state index in [1.54, 1.807) is 0 Å². The van der Waals surface area contributed by atoms with Crippen LogP contribution >= 0.6 is 0 Å². The highest BCUT2D eigenvalue weighted by atomic mass is 16.4. The van der Waals surface area contributed by atoms with Gasteiger partial charge in [-0.3, -0.25) is 9.78 Å². The number of benzene rings is 1. The van der Waals surface area contributed by atoms with Crippen molar-refractivity contribution in [3.8, 4) is 0 Å². The third-order valence-electron chi connectivity index (χ3n) is 3.53. The van der Waals surface area contributed by atoms with Gasteiger partial charge in [0.2, 0.25) is 0 Å². The van der Waals surface area contributed by atoms with Crippen molar-refractivity contribution in [1.29, 1.82) is 0 Å². The number of rotatable bonds is 5. The van der Waals surface area contributed by atoms with Crippen molar-refractivity contribution in [2.45, 2.75) is 38.6 Å². The Balaban J connectivity index is 2.32. The van der Waals surface area contributed by atoms with Crippen LogP contribution in [0.5, 0.6) is 0 Å². The lowest BCUT2D eigenvalue weighted by atomic mass is 9.95. The van der Waals surface area contributed by atoms with E-state index in [1.807, 2.05) is 24.5 Å². The van der Waals surface area contributed by atoms with Crippen LogP contribution in [0.4, 0.5) is 0 Å². The summed E-state index contributed by atoms with van der Waals surface area (Å²) in [5.41, 5.74) is 8.22. The average molecular weight is 272 g/mol. The number of aliphatic carboxylic acids is 1. The van der Waals surface area contributed by atoms with E-state index in [0.29, 0.717) is 12.3 Å². The molecule has 0 amide bonds. The van der Waals surface area contributed by atoms with Crippen LogP contribution in [0, 0.1) is 0 Å². The molecule has 0 fully saturated rings. The molecule has 20 heavy (non-hydrogen) atoms. The molecule has 1 aromatic carbocycles. The van der Waals surface area contributed by atoms with Crippen LogP contribution < -0.4 is 5.73 Å². The smallest absolute Gasteiger partial charge is 0.303 e. The molecule has 0 aliphatic heterocycles. The van der Waals surface area contributed by atoms with E-state index in [2.05, 4.69) is 24.9 Å². The number of aromatic nitrogens is 1. The lowest BCUT2D eigenvalue weighted by Gasteiger charge is -2.14. The van der Waals surface area contributed by atoms with E-state index in [0.717, 1.165) is 10.9 Å². The van der Waals surface area contributed by atoms with E-state index in [1.165, 1.54) is 10.9 Å². The second-order valence-corrected chi connectivity index (χ2v) is 5.40. The van der Waals surface area contributed by atoms with Crippen LogP contribution in [0.2, 0.25) is 0 Å². The predicted molar refractivity (Wildman–Crippen MR) is 79.6 cm³/mol. The van der Waals surface area contributed by atoms with E-state index in [9.17, 15) is 4.79 Å². The van der Waals surface area contributed by atoms with Crippen molar-refractivity contribution in [3.63, 3.8) is 0 Å². The van der Waals surface area contributed by atoms with Gasteiger partial charge >= 0.3 is 5.97 Å². The average Bonchev–Trinajstić information content (AvgIpc) is 2.43. The van der Waals surface area contributed by atoms with E-state index in [-0.39, 0.29) is 12.5 Å². The molecule has 2 rings (SSSR count). The van der Waals surface area contributed by atoms with Gasteiger partial charge in [-0.25, -0.2) is 0 Å². The van der Waals surface area contributed by atoms with Gasteiger partial charge in [0.1, 0.15) is 0 Å². The number of carboxylic acids is 1. The Hall–Kier alpha value is -1.94. The molecule has 0 aliphatic rings. The number of nitrogens with zero attached hydrogens (tertiary/aromatic N) is 1. The molecule has 1 aromatic heterocycles. The highest BCUT2D eigenvalue weighted by Crippen LogP contribution is 2.27. The SMILES string of the molecule is CC(C)c1cncc2cc(C(N)CCC(=O)O)ccc12. The zero-order valence-electron chi connectivity index (χ0n) is 11.8. The monoisotopic (exact) mass is 272 g/mol. The standard InChI is InChI=1S/C16H20N2O2/c1-10(2)14-9-18-8-12-7-11(3-4-13(12)14)15(17)5-6-16(19)20/h3-4,7-10,15H,5-6,17H2,1-2H3,(H,19,20). The summed E-state index contributed by atoms with van der Waals surface area (Å²) in [6.07, 6.45) is 4.26. The normalized spacial score (nSPS) is 12.8. The van der Waals surface area contributed by atoms with Crippen molar-refractivity contribution in [1.82, 2.24) is 4.98 Å². The first-order valence-corrected chi connectivity index (χ1v) is 6.84. The van der Waals surface area contributed by atoms with E-state index in [4.69, 9.17) is 10.8 Å². The molecule has 0 saturated heterocycles. The summed E-state index contributed by atoms with van der Waals surface area (Å²) in [5, 5.41) is 11.0. The molecule has 4 heteroatoms. The lowest BCUT2D eigenvalue weighted by Crippen LogP contribution is -2.12. The van der Waals surface area contributed by atoms with Gasteiger partial charge in [-0.2, -0.15) is 0 Å². The van der Waals surface area contributed by atoms with Gasteiger partial charge in [0.15, 0.2) is 0 Å². The van der Waals surface area contributed by atoms with Gasteiger partial charge in [0.05, 0.1) is 0 Å². The molecule has 0 spiro atoms. The molecule has 1 atom stereocenters. The molecule has 0 bridgehead atoms. The number of fused-ring (bicyclic) bond motifs is 1. The molecular weight excluding hydrogens is 252 g/mol. The minimum Gasteiger partial charge on any atom is -0.481 e. The fourth-order valence-electron chi connectivity index (χ4n) is 2.35. The van der Waals surface area contributed by atoms with Crippen LogP contribution in [0.3, 0.4) is 0 Å². The van der Waals surface area contributed by atoms with Crippen molar-refractivity contribution in [3.05, 3.63) is 41.7 Å². The van der Waals surface area contributed by atoms with Crippen LogP contribution in [-0.4, -0.2) is 16.1 Å². The molecule has 0 radical (unpaired) electrons. The van der Waals surface area contributed by atoms with Crippen LogP contribution in [0.1, 0.15) is 49.8 Å². The second kappa shape index (κ2) is 6.01. The van der Waals surface area contributed by atoms with Crippen molar-refractivity contribution < 1.29 is 9.90 Å². The van der Waals surface area contributed by atoms with Crippen LogP contribution in [0.25, 0.3) is 10.8 Å². The number of pyridine rings is 1. The number of nitrogens with two attached hydrogens (primary N) is 1. The summed E-state index contributed by atoms with van der Waals surface area (Å²) in [7, 11) is 0. The molecule has 4 nitrogen and oxygen atoms in total. The van der Waals surface area contributed by atoms with Gasteiger partial charge in [0.25, 0.3) is 0 Å². The minimum atomic E-state index is -0.815. The second-order valence-electron chi connectivity index (χ2n) is 5.40. The molecule has 3 N–H and O–H groups in total.